The maximum atomic E-state index is 11.9. The summed E-state index contributed by atoms with van der Waals surface area (Å²) in [5.41, 5.74) is 1.12. The minimum Gasteiger partial charge on any atom is -0.355 e. The molecule has 3 nitrogen and oxygen atoms in total. The molecular formula is C15H23BrN2O. The lowest BCUT2D eigenvalue weighted by Crippen LogP contribution is -2.40. The monoisotopic (exact) mass is 326 g/mol. The first-order valence-electron chi connectivity index (χ1n) is 6.44. The number of amides is 1. The molecule has 1 amide bonds. The predicted molar refractivity (Wildman–Crippen MR) is 83.2 cm³/mol. The van der Waals surface area contributed by atoms with E-state index in [-0.39, 0.29) is 11.3 Å². The topological polar surface area (TPSA) is 32.3 Å². The first kappa shape index (κ1) is 16.2. The van der Waals surface area contributed by atoms with Gasteiger partial charge in [0.25, 0.3) is 0 Å². The van der Waals surface area contributed by atoms with Crippen LogP contribution in [0, 0.1) is 5.41 Å². The lowest BCUT2D eigenvalue weighted by molar-refractivity contribution is -0.120. The number of rotatable bonds is 6. The van der Waals surface area contributed by atoms with Gasteiger partial charge in [0.05, 0.1) is 6.42 Å². The molecule has 19 heavy (non-hydrogen) atoms. The van der Waals surface area contributed by atoms with Gasteiger partial charge in [-0.3, -0.25) is 4.79 Å². The lowest BCUT2D eigenvalue weighted by atomic mass is 9.93. The molecule has 0 atom stereocenters. The van der Waals surface area contributed by atoms with Crippen LogP contribution in [0.1, 0.15) is 19.4 Å². The SMILES string of the molecule is CN(C)CC(C)(C)CNC(=O)Cc1ccc(Br)cc1. The highest BCUT2D eigenvalue weighted by molar-refractivity contribution is 9.10. The number of hydrogen-bond donors (Lipinski definition) is 1. The molecule has 0 saturated heterocycles. The molecule has 0 unspecified atom stereocenters. The van der Waals surface area contributed by atoms with Crippen molar-refractivity contribution in [1.29, 1.82) is 0 Å². The van der Waals surface area contributed by atoms with Crippen molar-refractivity contribution in [1.82, 2.24) is 10.2 Å². The number of nitrogens with one attached hydrogen (secondary N) is 1. The van der Waals surface area contributed by atoms with E-state index >= 15 is 0 Å². The van der Waals surface area contributed by atoms with Gasteiger partial charge >= 0.3 is 0 Å². The van der Waals surface area contributed by atoms with Crippen LogP contribution in [0.15, 0.2) is 28.7 Å². The molecule has 106 valence electrons. The molecule has 0 aromatic heterocycles. The lowest BCUT2D eigenvalue weighted by Gasteiger charge is -2.28. The normalized spacial score (nSPS) is 11.7. The minimum atomic E-state index is 0.0779. The molecule has 0 bridgehead atoms. The summed E-state index contributed by atoms with van der Waals surface area (Å²) in [6.45, 7) is 5.96. The van der Waals surface area contributed by atoms with Crippen LogP contribution >= 0.6 is 15.9 Å². The molecule has 4 heteroatoms. The Balaban J connectivity index is 2.41. The highest BCUT2D eigenvalue weighted by atomic mass is 79.9. The van der Waals surface area contributed by atoms with Crippen LogP contribution in [0.2, 0.25) is 0 Å². The second-order valence-corrected chi connectivity index (χ2v) is 6.90. The fourth-order valence-electron chi connectivity index (χ4n) is 2.10. The average Bonchev–Trinajstić information content (AvgIpc) is 2.28. The molecule has 0 saturated carbocycles. The van der Waals surface area contributed by atoms with Gasteiger partial charge < -0.3 is 10.2 Å². The van der Waals surface area contributed by atoms with Gasteiger partial charge in [0.1, 0.15) is 0 Å². The van der Waals surface area contributed by atoms with Gasteiger partial charge in [0.2, 0.25) is 5.91 Å². The van der Waals surface area contributed by atoms with E-state index < -0.39 is 0 Å². The van der Waals surface area contributed by atoms with Gasteiger partial charge in [-0.1, -0.05) is 41.9 Å². The summed E-state index contributed by atoms with van der Waals surface area (Å²) in [4.78, 5) is 14.0. The van der Waals surface area contributed by atoms with Crippen molar-refractivity contribution < 1.29 is 4.79 Å². The summed E-state index contributed by atoms with van der Waals surface area (Å²) in [6.07, 6.45) is 0.436. The number of carbonyl (C=O) groups is 1. The Morgan fingerprint density at radius 2 is 1.84 bits per heavy atom. The molecule has 0 aliphatic rings. The van der Waals surface area contributed by atoms with Crippen molar-refractivity contribution >= 4 is 21.8 Å². The highest BCUT2D eigenvalue weighted by Gasteiger charge is 2.19. The highest BCUT2D eigenvalue weighted by Crippen LogP contribution is 2.14. The Morgan fingerprint density at radius 1 is 1.26 bits per heavy atom. The van der Waals surface area contributed by atoms with E-state index in [4.69, 9.17) is 0 Å². The van der Waals surface area contributed by atoms with Crippen molar-refractivity contribution in [2.75, 3.05) is 27.2 Å². The van der Waals surface area contributed by atoms with Gasteiger partial charge in [-0.05, 0) is 37.2 Å². The zero-order valence-electron chi connectivity index (χ0n) is 12.2. The fraction of sp³-hybridized carbons (Fsp3) is 0.533. The van der Waals surface area contributed by atoms with E-state index in [0.717, 1.165) is 16.6 Å². The van der Waals surface area contributed by atoms with Crippen LogP contribution in [-0.2, 0) is 11.2 Å². The maximum absolute atomic E-state index is 11.9. The molecule has 1 aromatic carbocycles. The van der Waals surface area contributed by atoms with Crippen LogP contribution in [0.25, 0.3) is 0 Å². The Labute approximate surface area is 124 Å². The van der Waals surface area contributed by atoms with Gasteiger partial charge in [0.15, 0.2) is 0 Å². The third kappa shape index (κ3) is 6.73. The first-order chi connectivity index (χ1) is 8.78. The largest absolute Gasteiger partial charge is 0.355 e. The average molecular weight is 327 g/mol. The third-order valence-electron chi connectivity index (χ3n) is 2.79. The summed E-state index contributed by atoms with van der Waals surface area (Å²) in [6, 6.07) is 7.85. The van der Waals surface area contributed by atoms with E-state index in [9.17, 15) is 4.79 Å². The number of carbonyl (C=O) groups excluding carboxylic acids is 1. The number of nitrogens with zero attached hydrogens (tertiary/aromatic N) is 1. The van der Waals surface area contributed by atoms with Crippen molar-refractivity contribution in [3.8, 4) is 0 Å². The minimum absolute atomic E-state index is 0.0779. The van der Waals surface area contributed by atoms with E-state index in [1.54, 1.807) is 0 Å². The second-order valence-electron chi connectivity index (χ2n) is 5.98. The molecule has 0 radical (unpaired) electrons. The summed E-state index contributed by atoms with van der Waals surface area (Å²) < 4.78 is 1.03. The second kappa shape index (κ2) is 7.06. The Kier molecular flexibility index (Phi) is 6.01. The molecule has 1 N–H and O–H groups in total. The number of halogens is 1. The van der Waals surface area contributed by atoms with Gasteiger partial charge in [-0.2, -0.15) is 0 Å². The van der Waals surface area contributed by atoms with Crippen molar-refractivity contribution in [3.63, 3.8) is 0 Å². The Hall–Kier alpha value is -0.870. The number of hydrogen-bond acceptors (Lipinski definition) is 2. The van der Waals surface area contributed by atoms with Crippen LogP contribution in [0.5, 0.6) is 0 Å². The van der Waals surface area contributed by atoms with E-state index in [0.29, 0.717) is 13.0 Å². The molecule has 0 aliphatic carbocycles. The quantitative estimate of drug-likeness (QED) is 0.871. The first-order valence-corrected chi connectivity index (χ1v) is 7.24. The molecule has 0 heterocycles. The van der Waals surface area contributed by atoms with Crippen molar-refractivity contribution in [2.24, 2.45) is 5.41 Å². The Morgan fingerprint density at radius 3 is 2.37 bits per heavy atom. The molecule has 1 rings (SSSR count). The maximum Gasteiger partial charge on any atom is 0.224 e. The molecular weight excluding hydrogens is 304 g/mol. The van der Waals surface area contributed by atoms with Crippen LogP contribution in [0.3, 0.4) is 0 Å². The van der Waals surface area contributed by atoms with E-state index in [1.807, 2.05) is 38.4 Å². The van der Waals surface area contributed by atoms with Crippen LogP contribution in [0.4, 0.5) is 0 Å². The van der Waals surface area contributed by atoms with Gasteiger partial charge in [-0.25, -0.2) is 0 Å². The van der Waals surface area contributed by atoms with E-state index in [2.05, 4.69) is 40.0 Å². The van der Waals surface area contributed by atoms with Crippen LogP contribution < -0.4 is 5.32 Å². The smallest absolute Gasteiger partial charge is 0.224 e. The zero-order valence-corrected chi connectivity index (χ0v) is 13.8. The third-order valence-corrected chi connectivity index (χ3v) is 3.31. The zero-order chi connectivity index (χ0) is 14.5. The summed E-state index contributed by atoms with van der Waals surface area (Å²) >= 11 is 3.39. The molecule has 0 fully saturated rings. The molecule has 0 aliphatic heterocycles. The van der Waals surface area contributed by atoms with Crippen molar-refractivity contribution in [2.45, 2.75) is 20.3 Å². The van der Waals surface area contributed by atoms with Crippen LogP contribution in [-0.4, -0.2) is 38.0 Å². The molecule has 1 aromatic rings. The van der Waals surface area contributed by atoms with E-state index in [1.165, 1.54) is 0 Å². The van der Waals surface area contributed by atoms with Gasteiger partial charge in [-0.15, -0.1) is 0 Å². The standard InChI is InChI=1S/C15H23BrN2O/c1-15(2,11-18(3)4)10-17-14(19)9-12-5-7-13(16)8-6-12/h5-8H,9-11H2,1-4H3,(H,17,19). The molecule has 0 spiro atoms. The summed E-state index contributed by atoms with van der Waals surface area (Å²) in [5.74, 6) is 0.0779. The Bertz CT molecular complexity index is 413. The van der Waals surface area contributed by atoms with Gasteiger partial charge in [0, 0.05) is 17.6 Å². The number of benzene rings is 1. The summed E-state index contributed by atoms with van der Waals surface area (Å²) in [5, 5.41) is 3.01. The fourth-order valence-corrected chi connectivity index (χ4v) is 2.36. The summed E-state index contributed by atoms with van der Waals surface area (Å²) in [7, 11) is 4.09. The predicted octanol–water partition coefficient (Wildman–Crippen LogP) is 2.70. The van der Waals surface area contributed by atoms with Crippen molar-refractivity contribution in [3.05, 3.63) is 34.3 Å².